The van der Waals surface area contributed by atoms with Gasteiger partial charge in [-0.25, -0.2) is 4.98 Å². The quantitative estimate of drug-likeness (QED) is 0.671. The van der Waals surface area contributed by atoms with Crippen LogP contribution < -0.4 is 5.32 Å². The molecule has 0 spiro atoms. The van der Waals surface area contributed by atoms with Crippen LogP contribution in [0.4, 0.5) is 0 Å². The van der Waals surface area contributed by atoms with Crippen molar-refractivity contribution in [2.75, 3.05) is 6.61 Å². The molecule has 0 aromatic carbocycles. The highest BCUT2D eigenvalue weighted by Crippen LogP contribution is 2.18. The van der Waals surface area contributed by atoms with E-state index in [2.05, 4.69) is 15.3 Å². The van der Waals surface area contributed by atoms with E-state index in [0.29, 0.717) is 17.3 Å². The maximum absolute atomic E-state index is 7.61. The molecule has 1 aliphatic rings. The summed E-state index contributed by atoms with van der Waals surface area (Å²) < 4.78 is 5.16. The molecule has 2 aromatic rings. The number of hydrogen-bond donors (Lipinski definition) is 2. The molecule has 0 aliphatic carbocycles. The lowest BCUT2D eigenvalue weighted by atomic mass is 10.1. The number of pyridine rings is 2. The highest BCUT2D eigenvalue weighted by molar-refractivity contribution is 6.29. The summed E-state index contributed by atoms with van der Waals surface area (Å²) in [5.74, 6) is 0. The summed E-state index contributed by atoms with van der Waals surface area (Å²) in [5, 5.41) is 11.3. The van der Waals surface area contributed by atoms with Crippen molar-refractivity contribution < 1.29 is 4.74 Å². The minimum absolute atomic E-state index is 0.213. The number of ether oxygens (including phenoxy) is 1. The topological polar surface area (TPSA) is 70.9 Å². The Morgan fingerprint density at radius 2 is 2.32 bits per heavy atom. The van der Waals surface area contributed by atoms with Crippen LogP contribution in [0.2, 0.25) is 5.15 Å². The number of nitrogens with zero attached hydrogens (tertiary/aromatic N) is 2. The zero-order valence-electron chi connectivity index (χ0n) is 11.8. The van der Waals surface area contributed by atoms with Crippen LogP contribution in [0.5, 0.6) is 0 Å². The molecular weight excluding hydrogens is 300 g/mol. The van der Waals surface area contributed by atoms with Gasteiger partial charge in [-0.1, -0.05) is 11.6 Å². The van der Waals surface area contributed by atoms with Gasteiger partial charge in [0, 0.05) is 36.2 Å². The molecule has 2 N–H and O–H groups in total. The van der Waals surface area contributed by atoms with Gasteiger partial charge in [0.1, 0.15) is 5.15 Å². The number of allylic oxidation sites excluding steroid dienone is 1. The molecule has 5 nitrogen and oxygen atoms in total. The number of hydrogen-bond acceptors (Lipinski definition) is 5. The molecule has 1 unspecified atom stereocenters. The molecule has 1 atom stereocenters. The van der Waals surface area contributed by atoms with Crippen molar-refractivity contribution in [3.05, 3.63) is 53.7 Å². The van der Waals surface area contributed by atoms with Crippen molar-refractivity contribution in [2.24, 2.45) is 0 Å². The van der Waals surface area contributed by atoms with Gasteiger partial charge in [0.25, 0.3) is 0 Å². The summed E-state index contributed by atoms with van der Waals surface area (Å²) >= 11 is 5.92. The number of nitrogens with one attached hydrogen (secondary N) is 2. The average molecular weight is 315 g/mol. The molecule has 0 radical (unpaired) electrons. The van der Waals surface area contributed by atoms with Crippen molar-refractivity contribution in [2.45, 2.75) is 12.5 Å². The van der Waals surface area contributed by atoms with E-state index < -0.39 is 0 Å². The molecule has 3 heterocycles. The van der Waals surface area contributed by atoms with Crippen molar-refractivity contribution in [3.8, 4) is 0 Å². The fourth-order valence-corrected chi connectivity index (χ4v) is 2.35. The third kappa shape index (κ3) is 3.26. The van der Waals surface area contributed by atoms with Crippen LogP contribution in [0.15, 0.2) is 42.9 Å². The smallest absolute Gasteiger partial charge is 0.129 e. The van der Waals surface area contributed by atoms with Crippen molar-refractivity contribution in [1.29, 1.82) is 5.41 Å². The molecule has 3 rings (SSSR count). The van der Waals surface area contributed by atoms with Crippen molar-refractivity contribution in [3.63, 3.8) is 0 Å². The highest BCUT2D eigenvalue weighted by atomic mass is 35.5. The van der Waals surface area contributed by atoms with Crippen molar-refractivity contribution >= 4 is 34.4 Å². The van der Waals surface area contributed by atoms with E-state index in [-0.39, 0.29) is 6.04 Å². The van der Waals surface area contributed by atoms with E-state index in [1.165, 1.54) is 6.21 Å². The van der Waals surface area contributed by atoms with Gasteiger partial charge >= 0.3 is 0 Å². The van der Waals surface area contributed by atoms with E-state index in [9.17, 15) is 0 Å². The number of aromatic nitrogens is 2. The standard InChI is InChI=1S/C16H15ClN4O/c17-16-2-1-14-15(21-16)7-11(9-20-14)12(8-18)10-19-13-3-5-22-6-4-13/h1-3,5,7-10,13,18-19H,4,6H2/b12-10+,18-8?. The first-order chi connectivity index (χ1) is 10.8. The summed E-state index contributed by atoms with van der Waals surface area (Å²) in [6.07, 6.45) is 9.40. The maximum atomic E-state index is 7.61. The largest absolute Gasteiger partial charge is 0.501 e. The number of rotatable bonds is 4. The second kappa shape index (κ2) is 6.58. The van der Waals surface area contributed by atoms with E-state index in [4.69, 9.17) is 21.7 Å². The average Bonchev–Trinajstić information content (AvgIpc) is 2.56. The van der Waals surface area contributed by atoms with E-state index in [0.717, 1.165) is 23.1 Å². The van der Waals surface area contributed by atoms with Crippen LogP contribution >= 0.6 is 11.6 Å². The van der Waals surface area contributed by atoms with Crippen LogP contribution in [-0.4, -0.2) is 28.8 Å². The second-order valence-electron chi connectivity index (χ2n) is 4.90. The van der Waals surface area contributed by atoms with Crippen LogP contribution in [0.1, 0.15) is 12.0 Å². The third-order valence-electron chi connectivity index (χ3n) is 3.40. The van der Waals surface area contributed by atoms with Crippen LogP contribution in [0, 0.1) is 5.41 Å². The minimum Gasteiger partial charge on any atom is -0.501 e. The van der Waals surface area contributed by atoms with Gasteiger partial charge in [0.2, 0.25) is 0 Å². The minimum atomic E-state index is 0.213. The Hall–Kier alpha value is -2.40. The predicted molar refractivity (Wildman–Crippen MR) is 87.9 cm³/mol. The van der Waals surface area contributed by atoms with E-state index >= 15 is 0 Å². The Kier molecular flexibility index (Phi) is 4.34. The predicted octanol–water partition coefficient (Wildman–Crippen LogP) is 3.17. The highest BCUT2D eigenvalue weighted by Gasteiger charge is 2.08. The van der Waals surface area contributed by atoms with Gasteiger partial charge in [-0.2, -0.15) is 0 Å². The second-order valence-corrected chi connectivity index (χ2v) is 5.29. The van der Waals surface area contributed by atoms with Gasteiger partial charge in [-0.05, 0) is 24.3 Å². The molecule has 0 bridgehead atoms. The molecule has 0 saturated carbocycles. The van der Waals surface area contributed by atoms with Crippen LogP contribution in [-0.2, 0) is 4.74 Å². The fraction of sp³-hybridized carbons (Fsp3) is 0.188. The van der Waals surface area contributed by atoms with Gasteiger partial charge in [0.05, 0.1) is 29.9 Å². The fourth-order valence-electron chi connectivity index (χ4n) is 2.19. The zero-order chi connectivity index (χ0) is 15.4. The Morgan fingerprint density at radius 3 is 3.09 bits per heavy atom. The lowest BCUT2D eigenvalue weighted by molar-refractivity contribution is 0.218. The Morgan fingerprint density at radius 1 is 1.41 bits per heavy atom. The first-order valence-corrected chi connectivity index (χ1v) is 7.32. The summed E-state index contributed by atoms with van der Waals surface area (Å²) in [6.45, 7) is 0.696. The van der Waals surface area contributed by atoms with Gasteiger partial charge in [-0.15, -0.1) is 0 Å². The number of halogens is 1. The van der Waals surface area contributed by atoms with Gasteiger partial charge in [-0.3, -0.25) is 4.98 Å². The molecule has 6 heteroatoms. The molecule has 0 fully saturated rings. The third-order valence-corrected chi connectivity index (χ3v) is 3.61. The molecule has 22 heavy (non-hydrogen) atoms. The summed E-state index contributed by atoms with van der Waals surface area (Å²) in [7, 11) is 0. The summed E-state index contributed by atoms with van der Waals surface area (Å²) in [5.41, 5.74) is 3.04. The Labute approximate surface area is 133 Å². The maximum Gasteiger partial charge on any atom is 0.129 e. The van der Waals surface area contributed by atoms with Gasteiger partial charge < -0.3 is 15.5 Å². The van der Waals surface area contributed by atoms with E-state index in [1.54, 1.807) is 18.5 Å². The number of fused-ring (bicyclic) bond motifs is 1. The van der Waals surface area contributed by atoms with Gasteiger partial charge in [0.15, 0.2) is 0 Å². The van der Waals surface area contributed by atoms with Crippen LogP contribution in [0.25, 0.3) is 16.6 Å². The van der Waals surface area contributed by atoms with E-state index in [1.807, 2.05) is 24.4 Å². The molecule has 112 valence electrons. The SMILES string of the molecule is N=C/C(=C\NC1C=COCC1)c1cnc2ccc(Cl)nc2c1. The lowest BCUT2D eigenvalue weighted by Crippen LogP contribution is -2.26. The molecule has 0 amide bonds. The lowest BCUT2D eigenvalue weighted by Gasteiger charge is -2.17. The summed E-state index contributed by atoms with van der Waals surface area (Å²) in [6, 6.07) is 5.63. The monoisotopic (exact) mass is 314 g/mol. The molecule has 2 aromatic heterocycles. The summed E-state index contributed by atoms with van der Waals surface area (Å²) in [4.78, 5) is 8.61. The first kappa shape index (κ1) is 14.5. The Balaban J connectivity index is 1.87. The molecule has 1 aliphatic heterocycles. The molecular formula is C16H15ClN4O. The Bertz CT molecular complexity index is 757. The normalized spacial score (nSPS) is 18.0. The van der Waals surface area contributed by atoms with Crippen LogP contribution in [0.3, 0.4) is 0 Å². The zero-order valence-corrected chi connectivity index (χ0v) is 12.5. The first-order valence-electron chi connectivity index (χ1n) is 6.94. The van der Waals surface area contributed by atoms with Crippen molar-refractivity contribution in [1.82, 2.24) is 15.3 Å². The molecule has 0 saturated heterocycles.